The third-order valence-corrected chi connectivity index (χ3v) is 4.61. The molecule has 1 aliphatic rings. The molecular weight excluding hydrogens is 316 g/mol. The summed E-state index contributed by atoms with van der Waals surface area (Å²) in [4.78, 5) is 25.5. The number of carbonyl (C=O) groups excluding carboxylic acids is 2. The average molecular weight is 338 g/mol. The van der Waals surface area contributed by atoms with Crippen molar-refractivity contribution in [2.24, 2.45) is 5.73 Å². The van der Waals surface area contributed by atoms with E-state index < -0.39 is 5.91 Å². The first kappa shape index (κ1) is 17.0. The number of likely N-dealkylation sites (tertiary alicyclic amines) is 1. The van der Waals surface area contributed by atoms with Crippen molar-refractivity contribution >= 4 is 11.8 Å². The Kier molecular flexibility index (Phi) is 4.70. The number of nitrogens with one attached hydrogen (secondary N) is 1. The van der Waals surface area contributed by atoms with Crippen LogP contribution in [0.5, 0.6) is 0 Å². The molecule has 0 bridgehead atoms. The number of primary amides is 1. The van der Waals surface area contributed by atoms with E-state index in [9.17, 15) is 9.59 Å². The number of H-pyrrole nitrogens is 1. The van der Waals surface area contributed by atoms with Gasteiger partial charge in [0.2, 0.25) is 11.8 Å². The number of rotatable bonds is 4. The molecule has 1 atom stereocenters. The van der Waals surface area contributed by atoms with E-state index >= 15 is 0 Å². The minimum atomic E-state index is -0.456. The van der Waals surface area contributed by atoms with Gasteiger partial charge in [-0.2, -0.15) is 5.10 Å². The fraction of sp³-hybridized carbons (Fsp3) is 0.316. The number of aromatic nitrogens is 2. The van der Waals surface area contributed by atoms with E-state index in [1.165, 1.54) is 0 Å². The Morgan fingerprint density at radius 3 is 2.92 bits per heavy atom. The van der Waals surface area contributed by atoms with E-state index in [2.05, 4.69) is 16.8 Å². The molecule has 6 nitrogen and oxygen atoms in total. The second kappa shape index (κ2) is 6.93. The zero-order valence-electron chi connectivity index (χ0n) is 14.3. The lowest BCUT2D eigenvalue weighted by atomic mass is 9.90. The number of amides is 2. The Morgan fingerprint density at radius 1 is 1.40 bits per heavy atom. The maximum atomic E-state index is 12.2. The predicted molar refractivity (Wildman–Crippen MR) is 95.9 cm³/mol. The van der Waals surface area contributed by atoms with Crippen molar-refractivity contribution in [3.8, 4) is 11.1 Å². The van der Waals surface area contributed by atoms with E-state index in [-0.39, 0.29) is 11.8 Å². The molecule has 0 saturated carbocycles. The summed E-state index contributed by atoms with van der Waals surface area (Å²) >= 11 is 0. The molecule has 1 aromatic carbocycles. The zero-order valence-corrected chi connectivity index (χ0v) is 14.3. The maximum Gasteiger partial charge on any atom is 0.248 e. The van der Waals surface area contributed by atoms with E-state index in [0.717, 1.165) is 36.2 Å². The molecule has 1 aromatic heterocycles. The molecule has 1 unspecified atom stereocenters. The second-order valence-electron chi connectivity index (χ2n) is 6.51. The smallest absolute Gasteiger partial charge is 0.248 e. The summed E-state index contributed by atoms with van der Waals surface area (Å²) in [6.45, 7) is 6.88. The highest BCUT2D eigenvalue weighted by Crippen LogP contribution is 2.33. The van der Waals surface area contributed by atoms with Crippen LogP contribution in [-0.2, 0) is 4.79 Å². The number of nitrogens with two attached hydrogens (primary N) is 1. The summed E-state index contributed by atoms with van der Waals surface area (Å²) in [6, 6.07) is 7.21. The number of nitrogens with zero attached hydrogens (tertiary/aromatic N) is 2. The van der Waals surface area contributed by atoms with Crippen LogP contribution in [0, 0.1) is 0 Å². The lowest BCUT2D eigenvalue weighted by Gasteiger charge is -2.33. The van der Waals surface area contributed by atoms with Crippen LogP contribution in [0.15, 0.2) is 42.6 Å². The van der Waals surface area contributed by atoms with E-state index in [1.54, 1.807) is 25.3 Å². The van der Waals surface area contributed by atoms with Crippen molar-refractivity contribution in [2.45, 2.75) is 25.7 Å². The van der Waals surface area contributed by atoms with Gasteiger partial charge in [0.25, 0.3) is 0 Å². The van der Waals surface area contributed by atoms with Crippen LogP contribution in [0.4, 0.5) is 0 Å². The molecule has 6 heteroatoms. The van der Waals surface area contributed by atoms with Crippen molar-refractivity contribution in [3.63, 3.8) is 0 Å². The highest BCUT2D eigenvalue weighted by atomic mass is 16.2. The molecule has 1 saturated heterocycles. The first-order valence-electron chi connectivity index (χ1n) is 8.35. The van der Waals surface area contributed by atoms with Crippen molar-refractivity contribution < 1.29 is 9.59 Å². The summed E-state index contributed by atoms with van der Waals surface area (Å²) in [5, 5.41) is 7.28. The van der Waals surface area contributed by atoms with Gasteiger partial charge < -0.3 is 10.6 Å². The molecule has 3 rings (SSSR count). The normalized spacial score (nSPS) is 17.3. The number of carbonyl (C=O) groups is 2. The molecule has 3 N–H and O–H groups in total. The molecule has 2 aromatic rings. The number of aromatic amines is 1. The van der Waals surface area contributed by atoms with E-state index in [0.29, 0.717) is 17.7 Å². The lowest BCUT2D eigenvalue weighted by Crippen LogP contribution is -2.39. The quantitative estimate of drug-likeness (QED) is 0.839. The van der Waals surface area contributed by atoms with Crippen molar-refractivity contribution in [1.29, 1.82) is 0 Å². The monoisotopic (exact) mass is 338 g/mol. The Bertz CT molecular complexity index is 824. The van der Waals surface area contributed by atoms with Gasteiger partial charge in [-0.3, -0.25) is 14.7 Å². The fourth-order valence-electron chi connectivity index (χ4n) is 3.34. The molecular formula is C19H22N4O2. The van der Waals surface area contributed by atoms with E-state index in [1.807, 2.05) is 17.0 Å². The lowest BCUT2D eigenvalue weighted by molar-refractivity contribution is -0.128. The second-order valence-corrected chi connectivity index (χ2v) is 6.51. The van der Waals surface area contributed by atoms with Gasteiger partial charge in [0.1, 0.15) is 0 Å². The fourth-order valence-corrected chi connectivity index (χ4v) is 3.34. The van der Waals surface area contributed by atoms with Crippen LogP contribution in [-0.4, -0.2) is 40.0 Å². The van der Waals surface area contributed by atoms with Gasteiger partial charge in [-0.05, 0) is 37.5 Å². The molecule has 0 radical (unpaired) electrons. The van der Waals surface area contributed by atoms with Gasteiger partial charge in [0, 0.05) is 41.4 Å². The first-order valence-corrected chi connectivity index (χ1v) is 8.35. The number of hydrogen-bond acceptors (Lipinski definition) is 3. The minimum Gasteiger partial charge on any atom is -0.366 e. The maximum absolute atomic E-state index is 12.2. The summed E-state index contributed by atoms with van der Waals surface area (Å²) in [5.41, 5.74) is 9.22. The van der Waals surface area contributed by atoms with Crippen LogP contribution < -0.4 is 5.73 Å². The summed E-state index contributed by atoms with van der Waals surface area (Å²) in [7, 11) is 0. The first-order chi connectivity index (χ1) is 12.0. The highest BCUT2D eigenvalue weighted by molar-refractivity contribution is 5.94. The SMILES string of the molecule is C=C(C)C(=O)N1CCCC(c2[nH]ncc2-c2cccc(C(N)=O)c2)C1. The molecule has 0 aliphatic carbocycles. The third kappa shape index (κ3) is 3.47. The summed E-state index contributed by atoms with van der Waals surface area (Å²) in [5.74, 6) is -0.281. The molecule has 1 aliphatic heterocycles. The van der Waals surface area contributed by atoms with E-state index in [4.69, 9.17) is 5.73 Å². The van der Waals surface area contributed by atoms with Crippen molar-refractivity contribution in [1.82, 2.24) is 15.1 Å². The largest absolute Gasteiger partial charge is 0.366 e. The Morgan fingerprint density at radius 2 is 2.20 bits per heavy atom. The molecule has 25 heavy (non-hydrogen) atoms. The molecule has 130 valence electrons. The van der Waals surface area contributed by atoms with Crippen LogP contribution >= 0.6 is 0 Å². The van der Waals surface area contributed by atoms with Crippen LogP contribution in [0.3, 0.4) is 0 Å². The van der Waals surface area contributed by atoms with Crippen molar-refractivity contribution in [3.05, 3.63) is 53.9 Å². The Hall–Kier alpha value is -2.89. The Labute approximate surface area is 146 Å². The molecule has 0 spiro atoms. The number of piperidine rings is 1. The minimum absolute atomic E-state index is 0.00138. The number of benzene rings is 1. The van der Waals surface area contributed by atoms with Crippen LogP contribution in [0.25, 0.3) is 11.1 Å². The van der Waals surface area contributed by atoms with Crippen molar-refractivity contribution in [2.75, 3.05) is 13.1 Å². The van der Waals surface area contributed by atoms with Gasteiger partial charge in [0.05, 0.1) is 6.20 Å². The van der Waals surface area contributed by atoms with Gasteiger partial charge in [-0.25, -0.2) is 0 Å². The topological polar surface area (TPSA) is 92.1 Å². The summed E-state index contributed by atoms with van der Waals surface area (Å²) in [6.07, 6.45) is 3.67. The van der Waals surface area contributed by atoms with Gasteiger partial charge in [0.15, 0.2) is 0 Å². The average Bonchev–Trinajstić information content (AvgIpc) is 3.11. The molecule has 2 heterocycles. The Balaban J connectivity index is 1.89. The molecule has 1 fully saturated rings. The highest BCUT2D eigenvalue weighted by Gasteiger charge is 2.27. The number of hydrogen-bond donors (Lipinski definition) is 2. The van der Waals surface area contributed by atoms with Crippen LogP contribution in [0.1, 0.15) is 41.7 Å². The third-order valence-electron chi connectivity index (χ3n) is 4.61. The van der Waals surface area contributed by atoms with Crippen LogP contribution in [0.2, 0.25) is 0 Å². The van der Waals surface area contributed by atoms with Gasteiger partial charge in [-0.15, -0.1) is 0 Å². The summed E-state index contributed by atoms with van der Waals surface area (Å²) < 4.78 is 0. The predicted octanol–water partition coefficient (Wildman–Crippen LogP) is 2.46. The standard InChI is InChI=1S/C19H22N4O2/c1-12(2)19(25)23-8-4-7-15(11-23)17-16(10-21-22-17)13-5-3-6-14(9-13)18(20)24/h3,5-6,9-10,15H,1,4,7-8,11H2,2H3,(H2,20,24)(H,21,22). The zero-order chi connectivity index (χ0) is 18.0. The molecule has 2 amide bonds. The van der Waals surface area contributed by atoms with Gasteiger partial charge in [-0.1, -0.05) is 18.7 Å². The van der Waals surface area contributed by atoms with Gasteiger partial charge >= 0.3 is 0 Å².